The molecule has 0 spiro atoms. The quantitative estimate of drug-likeness (QED) is 0.846. The van der Waals surface area contributed by atoms with Gasteiger partial charge < -0.3 is 14.0 Å². The Morgan fingerprint density at radius 1 is 1.26 bits per heavy atom. The Hall–Kier alpha value is -2.48. The molecule has 19 heavy (non-hydrogen) atoms. The number of ether oxygens (including phenoxy) is 2. The number of aromatic nitrogens is 2. The van der Waals surface area contributed by atoms with Crippen LogP contribution in [0, 0.1) is 18.3 Å². The van der Waals surface area contributed by atoms with Gasteiger partial charge in [0.1, 0.15) is 29.0 Å². The molecule has 0 atom stereocenters. The lowest BCUT2D eigenvalue weighted by atomic mass is 10.0. The van der Waals surface area contributed by atoms with E-state index < -0.39 is 0 Å². The van der Waals surface area contributed by atoms with Gasteiger partial charge in [-0.05, 0) is 18.6 Å². The summed E-state index contributed by atoms with van der Waals surface area (Å²) in [7, 11) is 4.99. The molecule has 0 saturated carbocycles. The van der Waals surface area contributed by atoms with E-state index in [-0.39, 0.29) is 0 Å². The molecule has 1 aromatic heterocycles. The van der Waals surface area contributed by atoms with Crippen molar-refractivity contribution in [3.63, 3.8) is 0 Å². The molecular weight excluding hydrogens is 242 g/mol. The molecule has 0 aliphatic heterocycles. The number of imidazole rings is 1. The monoisotopic (exact) mass is 257 g/mol. The van der Waals surface area contributed by atoms with Crippen LogP contribution in [0.2, 0.25) is 0 Å². The maximum atomic E-state index is 9.23. The fourth-order valence-corrected chi connectivity index (χ4v) is 2.05. The minimum atomic E-state index is 0.506. The highest BCUT2D eigenvalue weighted by Gasteiger charge is 2.18. The first-order valence-electron chi connectivity index (χ1n) is 5.76. The molecule has 0 aliphatic rings. The summed E-state index contributed by atoms with van der Waals surface area (Å²) in [5.74, 6) is 1.36. The van der Waals surface area contributed by atoms with E-state index in [1.54, 1.807) is 38.2 Å². The molecule has 0 amide bonds. The van der Waals surface area contributed by atoms with Crippen molar-refractivity contribution in [3.8, 4) is 28.8 Å². The topological polar surface area (TPSA) is 60.1 Å². The van der Waals surface area contributed by atoms with Crippen LogP contribution in [0.4, 0.5) is 0 Å². The lowest BCUT2D eigenvalue weighted by Gasteiger charge is -2.12. The van der Waals surface area contributed by atoms with Crippen LogP contribution in [0.15, 0.2) is 18.5 Å². The molecule has 0 saturated heterocycles. The van der Waals surface area contributed by atoms with Crippen molar-refractivity contribution in [1.82, 2.24) is 9.55 Å². The molecule has 0 bridgehead atoms. The van der Waals surface area contributed by atoms with Gasteiger partial charge in [0, 0.05) is 18.7 Å². The summed E-state index contributed by atoms with van der Waals surface area (Å²) in [6.07, 6.45) is 1.62. The number of rotatable bonds is 3. The van der Waals surface area contributed by atoms with E-state index in [1.807, 2.05) is 13.0 Å². The van der Waals surface area contributed by atoms with Crippen molar-refractivity contribution in [1.29, 1.82) is 5.26 Å². The van der Waals surface area contributed by atoms with Gasteiger partial charge in [-0.15, -0.1) is 0 Å². The van der Waals surface area contributed by atoms with Crippen molar-refractivity contribution in [2.75, 3.05) is 14.2 Å². The smallest absolute Gasteiger partial charge is 0.147 e. The summed E-state index contributed by atoms with van der Waals surface area (Å²) in [4.78, 5) is 4.30. The summed E-state index contributed by atoms with van der Waals surface area (Å²) in [6.45, 7) is 1.94. The third-order valence-electron chi connectivity index (χ3n) is 3.01. The van der Waals surface area contributed by atoms with E-state index in [9.17, 15) is 5.26 Å². The lowest BCUT2D eigenvalue weighted by Crippen LogP contribution is -1.96. The van der Waals surface area contributed by atoms with E-state index in [2.05, 4.69) is 11.1 Å². The second kappa shape index (κ2) is 5.02. The molecule has 5 heteroatoms. The molecule has 0 N–H and O–H groups in total. The second-order valence-corrected chi connectivity index (χ2v) is 4.19. The Balaban J connectivity index is 2.71. The zero-order valence-corrected chi connectivity index (χ0v) is 11.4. The van der Waals surface area contributed by atoms with Crippen LogP contribution < -0.4 is 9.47 Å². The van der Waals surface area contributed by atoms with Gasteiger partial charge in [-0.25, -0.2) is 4.98 Å². The van der Waals surface area contributed by atoms with E-state index >= 15 is 0 Å². The Morgan fingerprint density at radius 3 is 2.58 bits per heavy atom. The van der Waals surface area contributed by atoms with Crippen molar-refractivity contribution < 1.29 is 9.47 Å². The number of benzene rings is 1. The molecule has 1 heterocycles. The lowest BCUT2D eigenvalue weighted by molar-refractivity contribution is 0.395. The number of nitriles is 1. The van der Waals surface area contributed by atoms with E-state index in [4.69, 9.17) is 9.47 Å². The minimum absolute atomic E-state index is 0.506. The van der Waals surface area contributed by atoms with Crippen molar-refractivity contribution in [2.24, 2.45) is 7.05 Å². The number of hydrogen-bond acceptors (Lipinski definition) is 4. The molecule has 5 nitrogen and oxygen atoms in total. The molecule has 2 rings (SSSR count). The van der Waals surface area contributed by atoms with Gasteiger partial charge in [-0.1, -0.05) is 0 Å². The molecule has 0 unspecified atom stereocenters. The highest BCUT2D eigenvalue weighted by atomic mass is 16.5. The van der Waals surface area contributed by atoms with E-state index in [0.717, 1.165) is 11.1 Å². The van der Waals surface area contributed by atoms with Gasteiger partial charge in [0.15, 0.2) is 0 Å². The Bertz CT molecular complexity index is 653. The van der Waals surface area contributed by atoms with Crippen LogP contribution in [0.3, 0.4) is 0 Å². The second-order valence-electron chi connectivity index (χ2n) is 4.19. The average Bonchev–Trinajstić information content (AvgIpc) is 2.78. The van der Waals surface area contributed by atoms with Gasteiger partial charge in [0.2, 0.25) is 0 Å². The van der Waals surface area contributed by atoms with Crippen LogP contribution in [0.25, 0.3) is 11.3 Å². The van der Waals surface area contributed by atoms with Gasteiger partial charge in [0.25, 0.3) is 0 Å². The summed E-state index contributed by atoms with van der Waals surface area (Å²) in [5.41, 5.74) is 2.90. The third kappa shape index (κ3) is 2.13. The fourth-order valence-electron chi connectivity index (χ4n) is 2.05. The minimum Gasteiger partial charge on any atom is -0.497 e. The SMILES string of the molecule is COc1cc(C)c(-c2ncn(C)c2C#N)c(OC)c1. The van der Waals surface area contributed by atoms with Crippen LogP contribution in [-0.2, 0) is 7.05 Å². The molecule has 0 radical (unpaired) electrons. The zero-order chi connectivity index (χ0) is 14.0. The van der Waals surface area contributed by atoms with Crippen LogP contribution in [-0.4, -0.2) is 23.8 Å². The van der Waals surface area contributed by atoms with Crippen LogP contribution in [0.5, 0.6) is 11.5 Å². The van der Waals surface area contributed by atoms with E-state index in [1.165, 1.54) is 0 Å². The number of aryl methyl sites for hydroxylation is 2. The Kier molecular flexibility index (Phi) is 3.43. The molecule has 1 aromatic carbocycles. The predicted octanol–water partition coefficient (Wildman–Crippen LogP) is 2.28. The zero-order valence-electron chi connectivity index (χ0n) is 11.4. The highest BCUT2D eigenvalue weighted by Crippen LogP contribution is 2.37. The van der Waals surface area contributed by atoms with Crippen molar-refractivity contribution in [3.05, 3.63) is 29.7 Å². The summed E-state index contributed by atoms with van der Waals surface area (Å²) < 4.78 is 12.3. The third-order valence-corrected chi connectivity index (χ3v) is 3.01. The molecule has 0 fully saturated rings. The summed E-state index contributed by atoms with van der Waals surface area (Å²) >= 11 is 0. The number of nitrogens with zero attached hydrogens (tertiary/aromatic N) is 3. The van der Waals surface area contributed by atoms with Crippen molar-refractivity contribution in [2.45, 2.75) is 6.92 Å². The largest absolute Gasteiger partial charge is 0.497 e. The molecule has 98 valence electrons. The normalized spacial score (nSPS) is 10.1. The number of hydrogen-bond donors (Lipinski definition) is 0. The first-order valence-corrected chi connectivity index (χ1v) is 5.76. The van der Waals surface area contributed by atoms with Gasteiger partial charge in [0.05, 0.1) is 20.5 Å². The highest BCUT2D eigenvalue weighted by molar-refractivity contribution is 5.75. The Morgan fingerprint density at radius 2 is 2.00 bits per heavy atom. The Labute approximate surface area is 112 Å². The summed E-state index contributed by atoms with van der Waals surface area (Å²) in [5, 5.41) is 9.23. The first kappa shape index (κ1) is 13.0. The fraction of sp³-hybridized carbons (Fsp3) is 0.286. The molecular formula is C14H15N3O2. The average molecular weight is 257 g/mol. The predicted molar refractivity (Wildman–Crippen MR) is 71.2 cm³/mol. The number of methoxy groups -OCH3 is 2. The van der Waals surface area contributed by atoms with Crippen molar-refractivity contribution >= 4 is 0 Å². The maximum Gasteiger partial charge on any atom is 0.147 e. The molecule has 2 aromatic rings. The van der Waals surface area contributed by atoms with Crippen LogP contribution >= 0.6 is 0 Å². The summed E-state index contributed by atoms with van der Waals surface area (Å²) in [6, 6.07) is 5.85. The standard InChI is InChI=1S/C14H15N3O2/c1-9-5-10(18-3)6-12(19-4)13(9)14-11(7-15)17(2)8-16-14/h5-6,8H,1-4H3. The maximum absolute atomic E-state index is 9.23. The molecule has 0 aliphatic carbocycles. The van der Waals surface area contributed by atoms with Gasteiger partial charge >= 0.3 is 0 Å². The van der Waals surface area contributed by atoms with Crippen LogP contribution in [0.1, 0.15) is 11.3 Å². The van der Waals surface area contributed by atoms with Gasteiger partial charge in [-0.3, -0.25) is 0 Å². The van der Waals surface area contributed by atoms with Gasteiger partial charge in [-0.2, -0.15) is 5.26 Å². The van der Waals surface area contributed by atoms with E-state index in [0.29, 0.717) is 22.9 Å². The first-order chi connectivity index (χ1) is 9.12.